The molecule has 0 radical (unpaired) electrons. The number of anilines is 1. The Bertz CT molecular complexity index is 745. The molecule has 0 aliphatic heterocycles. The number of hydrazone groups is 1. The number of nitro benzene ring substituents is 1. The fourth-order valence-electron chi connectivity index (χ4n) is 1.73. The van der Waals surface area contributed by atoms with E-state index < -0.39 is 22.4 Å². The summed E-state index contributed by atoms with van der Waals surface area (Å²) in [6, 6.07) is 7.32. The first kappa shape index (κ1) is 16.4. The number of nitrogens with one attached hydrogen (secondary N) is 1. The van der Waals surface area contributed by atoms with E-state index in [2.05, 4.69) is 15.5 Å². The molecule has 0 aliphatic carbocycles. The van der Waals surface area contributed by atoms with Crippen molar-refractivity contribution in [3.8, 4) is 0 Å². The van der Waals surface area contributed by atoms with Gasteiger partial charge in [0.05, 0.1) is 21.9 Å². The van der Waals surface area contributed by atoms with E-state index in [0.717, 1.165) is 12.1 Å². The zero-order chi connectivity index (χ0) is 17.0. The predicted molar refractivity (Wildman–Crippen MR) is 78.2 cm³/mol. The topological polar surface area (TPSA) is 80.4 Å². The molecule has 6 nitrogen and oxygen atoms in total. The summed E-state index contributed by atoms with van der Waals surface area (Å²) in [4.78, 5) is 14.1. The number of benzene rings is 1. The number of hydrogen-bond acceptors (Lipinski definition) is 5. The van der Waals surface area contributed by atoms with Gasteiger partial charge in [-0.05, 0) is 31.2 Å². The van der Waals surface area contributed by atoms with Gasteiger partial charge in [0, 0.05) is 12.3 Å². The van der Waals surface area contributed by atoms with Gasteiger partial charge in [-0.2, -0.15) is 18.3 Å². The summed E-state index contributed by atoms with van der Waals surface area (Å²) in [6.45, 7) is 1.62. The highest BCUT2D eigenvalue weighted by molar-refractivity contribution is 5.97. The molecular weight excluding hydrogens is 313 g/mol. The number of hydrogen-bond donors (Lipinski definition) is 1. The third-order valence-corrected chi connectivity index (χ3v) is 2.90. The molecule has 120 valence electrons. The average Bonchev–Trinajstić information content (AvgIpc) is 2.52. The summed E-state index contributed by atoms with van der Waals surface area (Å²) in [5.41, 5.74) is 1.43. The molecule has 0 bridgehead atoms. The van der Waals surface area contributed by atoms with Crippen LogP contribution in [0.2, 0.25) is 0 Å². The molecule has 0 saturated heterocycles. The van der Waals surface area contributed by atoms with Crippen molar-refractivity contribution in [2.45, 2.75) is 13.1 Å². The number of nitrogens with zero attached hydrogens (tertiary/aromatic N) is 3. The van der Waals surface area contributed by atoms with Gasteiger partial charge in [-0.15, -0.1) is 0 Å². The molecule has 1 aromatic heterocycles. The lowest BCUT2D eigenvalue weighted by Gasteiger charge is -2.09. The first-order valence-electron chi connectivity index (χ1n) is 6.36. The molecule has 0 atom stereocenters. The van der Waals surface area contributed by atoms with E-state index in [1.165, 1.54) is 0 Å². The minimum absolute atomic E-state index is 0.140. The summed E-state index contributed by atoms with van der Waals surface area (Å²) >= 11 is 0. The summed E-state index contributed by atoms with van der Waals surface area (Å²) in [7, 11) is 0. The van der Waals surface area contributed by atoms with Gasteiger partial charge < -0.3 is 0 Å². The van der Waals surface area contributed by atoms with Crippen LogP contribution in [0.5, 0.6) is 0 Å². The summed E-state index contributed by atoms with van der Waals surface area (Å²) in [5.74, 6) is 0. The van der Waals surface area contributed by atoms with Gasteiger partial charge in [0.1, 0.15) is 5.69 Å². The van der Waals surface area contributed by atoms with Gasteiger partial charge in [-0.1, -0.05) is 6.07 Å². The van der Waals surface area contributed by atoms with Gasteiger partial charge in [0.15, 0.2) is 0 Å². The average molecular weight is 324 g/mol. The second-order valence-corrected chi connectivity index (χ2v) is 4.51. The molecule has 0 aliphatic rings. The van der Waals surface area contributed by atoms with Crippen LogP contribution < -0.4 is 5.43 Å². The van der Waals surface area contributed by atoms with E-state index in [1.807, 2.05) is 0 Å². The lowest BCUT2D eigenvalue weighted by Crippen LogP contribution is -2.07. The maximum absolute atomic E-state index is 12.6. The van der Waals surface area contributed by atoms with E-state index >= 15 is 0 Å². The van der Waals surface area contributed by atoms with Crippen LogP contribution in [-0.4, -0.2) is 15.6 Å². The Morgan fingerprint density at radius 3 is 2.61 bits per heavy atom. The van der Waals surface area contributed by atoms with Crippen LogP contribution in [0.25, 0.3) is 0 Å². The van der Waals surface area contributed by atoms with Crippen molar-refractivity contribution >= 4 is 17.1 Å². The number of nitro groups is 1. The molecule has 0 amide bonds. The molecule has 1 N–H and O–H groups in total. The van der Waals surface area contributed by atoms with Crippen molar-refractivity contribution in [3.63, 3.8) is 0 Å². The SMILES string of the molecule is CC(=NNc1ccc(C(F)(F)F)cc1[N+](=O)[O-])c1ccccn1. The van der Waals surface area contributed by atoms with E-state index in [4.69, 9.17) is 0 Å². The second kappa shape index (κ2) is 6.42. The molecule has 0 unspecified atom stereocenters. The second-order valence-electron chi connectivity index (χ2n) is 4.51. The van der Waals surface area contributed by atoms with Crippen LogP contribution >= 0.6 is 0 Å². The zero-order valence-corrected chi connectivity index (χ0v) is 11.8. The smallest absolute Gasteiger partial charge is 0.271 e. The number of halogens is 3. The highest BCUT2D eigenvalue weighted by Crippen LogP contribution is 2.34. The fourth-order valence-corrected chi connectivity index (χ4v) is 1.73. The molecule has 9 heteroatoms. The minimum atomic E-state index is -4.66. The maximum atomic E-state index is 12.6. The molecule has 0 spiro atoms. The van der Waals surface area contributed by atoms with Gasteiger partial charge >= 0.3 is 6.18 Å². The Balaban J connectivity index is 2.31. The van der Waals surface area contributed by atoms with Crippen molar-refractivity contribution in [2.75, 3.05) is 5.43 Å². The number of aromatic nitrogens is 1. The van der Waals surface area contributed by atoms with Crippen molar-refractivity contribution in [2.24, 2.45) is 5.10 Å². The van der Waals surface area contributed by atoms with Crippen LogP contribution in [0.15, 0.2) is 47.7 Å². The third-order valence-electron chi connectivity index (χ3n) is 2.90. The number of pyridine rings is 1. The Hall–Kier alpha value is -2.97. The molecule has 1 aromatic carbocycles. The standard InChI is InChI=1S/C14H11F3N4O2/c1-9(11-4-2-3-7-18-11)19-20-12-6-5-10(14(15,16)17)8-13(12)21(22)23/h2-8,20H,1H3. The van der Waals surface area contributed by atoms with E-state index in [1.54, 1.807) is 31.3 Å². The maximum Gasteiger partial charge on any atom is 0.416 e. The van der Waals surface area contributed by atoms with Crippen molar-refractivity contribution < 1.29 is 18.1 Å². The molecule has 2 aromatic rings. The Labute approximate surface area is 128 Å². The van der Waals surface area contributed by atoms with Crippen LogP contribution in [0.3, 0.4) is 0 Å². The Morgan fingerprint density at radius 2 is 2.04 bits per heavy atom. The minimum Gasteiger partial charge on any atom is -0.271 e. The van der Waals surface area contributed by atoms with E-state index in [9.17, 15) is 23.3 Å². The van der Waals surface area contributed by atoms with Gasteiger partial charge in [0.25, 0.3) is 5.69 Å². The Morgan fingerprint density at radius 1 is 1.30 bits per heavy atom. The molecular formula is C14H11F3N4O2. The lowest BCUT2D eigenvalue weighted by atomic mass is 10.1. The van der Waals surface area contributed by atoms with Crippen LogP contribution in [0, 0.1) is 10.1 Å². The van der Waals surface area contributed by atoms with Gasteiger partial charge in [-0.3, -0.25) is 20.5 Å². The number of rotatable bonds is 4. The van der Waals surface area contributed by atoms with Gasteiger partial charge in [-0.25, -0.2) is 0 Å². The van der Waals surface area contributed by atoms with Gasteiger partial charge in [0.2, 0.25) is 0 Å². The summed E-state index contributed by atoms with van der Waals surface area (Å²) in [6.07, 6.45) is -3.11. The summed E-state index contributed by atoms with van der Waals surface area (Å²) < 4.78 is 37.9. The first-order chi connectivity index (χ1) is 10.8. The predicted octanol–water partition coefficient (Wildman–Crippen LogP) is 3.84. The molecule has 0 fully saturated rings. The highest BCUT2D eigenvalue weighted by atomic mass is 19.4. The number of alkyl halides is 3. The molecule has 0 saturated carbocycles. The zero-order valence-electron chi connectivity index (χ0n) is 11.8. The Kier molecular flexibility index (Phi) is 4.58. The lowest BCUT2D eigenvalue weighted by molar-refractivity contribution is -0.384. The van der Waals surface area contributed by atoms with Crippen molar-refractivity contribution in [1.29, 1.82) is 0 Å². The van der Waals surface area contributed by atoms with Crippen LogP contribution in [0.1, 0.15) is 18.2 Å². The monoisotopic (exact) mass is 324 g/mol. The first-order valence-corrected chi connectivity index (χ1v) is 6.36. The third kappa shape index (κ3) is 4.02. The van der Waals surface area contributed by atoms with E-state index in [0.29, 0.717) is 17.5 Å². The van der Waals surface area contributed by atoms with Crippen LogP contribution in [0.4, 0.5) is 24.5 Å². The van der Waals surface area contributed by atoms with Crippen LogP contribution in [-0.2, 0) is 6.18 Å². The van der Waals surface area contributed by atoms with Crippen molar-refractivity contribution in [3.05, 3.63) is 64.0 Å². The largest absolute Gasteiger partial charge is 0.416 e. The molecule has 1 heterocycles. The molecule has 23 heavy (non-hydrogen) atoms. The highest BCUT2D eigenvalue weighted by Gasteiger charge is 2.33. The normalized spacial score (nSPS) is 12.1. The summed E-state index contributed by atoms with van der Waals surface area (Å²) in [5, 5.41) is 14.9. The molecule has 2 rings (SSSR count). The quantitative estimate of drug-likeness (QED) is 0.526. The van der Waals surface area contributed by atoms with Crippen molar-refractivity contribution in [1.82, 2.24) is 4.98 Å². The fraction of sp³-hybridized carbons (Fsp3) is 0.143. The van der Waals surface area contributed by atoms with E-state index in [-0.39, 0.29) is 5.69 Å².